The second-order valence-corrected chi connectivity index (χ2v) is 5.70. The third-order valence-corrected chi connectivity index (χ3v) is 4.12. The number of hydrogen-bond donors (Lipinski definition) is 2. The molecular formula is C14H19N3O2S. The molecule has 1 aromatic heterocycles. The fourth-order valence-electron chi connectivity index (χ4n) is 2.23. The molecule has 1 aliphatic rings. The van der Waals surface area contributed by atoms with Crippen molar-refractivity contribution in [3.05, 3.63) is 28.7 Å². The van der Waals surface area contributed by atoms with Crippen LogP contribution in [0.1, 0.15) is 52.4 Å². The van der Waals surface area contributed by atoms with Crippen LogP contribution in [0.5, 0.6) is 0 Å². The second-order valence-electron chi connectivity index (χ2n) is 4.84. The van der Waals surface area contributed by atoms with Gasteiger partial charge >= 0.3 is 0 Å². The lowest BCUT2D eigenvalue weighted by molar-refractivity contribution is 0.0923. The van der Waals surface area contributed by atoms with Crippen molar-refractivity contribution in [1.82, 2.24) is 15.6 Å². The molecule has 1 heterocycles. The van der Waals surface area contributed by atoms with E-state index in [-0.39, 0.29) is 17.9 Å². The van der Waals surface area contributed by atoms with E-state index in [9.17, 15) is 9.59 Å². The summed E-state index contributed by atoms with van der Waals surface area (Å²) in [6.45, 7) is 3.92. The highest BCUT2D eigenvalue weighted by Crippen LogP contribution is 2.18. The Balaban J connectivity index is 1.91. The molecule has 2 amide bonds. The molecule has 2 rings (SSSR count). The predicted octanol–water partition coefficient (Wildman–Crippen LogP) is 2.12. The second kappa shape index (κ2) is 7.19. The van der Waals surface area contributed by atoms with Crippen LogP contribution >= 0.6 is 11.3 Å². The first-order chi connectivity index (χ1) is 9.70. The Labute approximate surface area is 122 Å². The van der Waals surface area contributed by atoms with Crippen molar-refractivity contribution in [2.24, 2.45) is 0 Å². The van der Waals surface area contributed by atoms with Crippen molar-refractivity contribution in [3.63, 3.8) is 0 Å². The molecular weight excluding hydrogens is 274 g/mol. The van der Waals surface area contributed by atoms with Gasteiger partial charge in [-0.1, -0.05) is 25.3 Å². The Morgan fingerprint density at radius 2 is 2.10 bits per heavy atom. The van der Waals surface area contributed by atoms with E-state index < -0.39 is 0 Å². The number of thiazole rings is 1. The lowest BCUT2D eigenvalue weighted by atomic mass is 9.95. The Morgan fingerprint density at radius 1 is 1.35 bits per heavy atom. The largest absolute Gasteiger partial charge is 0.348 e. The van der Waals surface area contributed by atoms with E-state index >= 15 is 0 Å². The number of nitrogens with one attached hydrogen (secondary N) is 2. The zero-order valence-electron chi connectivity index (χ0n) is 11.4. The quantitative estimate of drug-likeness (QED) is 0.817. The summed E-state index contributed by atoms with van der Waals surface area (Å²) in [5, 5.41) is 7.56. The van der Waals surface area contributed by atoms with Crippen molar-refractivity contribution >= 4 is 23.2 Å². The van der Waals surface area contributed by atoms with E-state index in [1.54, 1.807) is 11.5 Å². The van der Waals surface area contributed by atoms with Gasteiger partial charge in [-0.15, -0.1) is 17.9 Å². The van der Waals surface area contributed by atoms with Gasteiger partial charge in [0.15, 0.2) is 5.01 Å². The first-order valence-corrected chi connectivity index (χ1v) is 7.74. The van der Waals surface area contributed by atoms with Crippen LogP contribution in [0.2, 0.25) is 0 Å². The molecule has 0 radical (unpaired) electrons. The van der Waals surface area contributed by atoms with Crippen LogP contribution in [0.15, 0.2) is 18.0 Å². The molecule has 1 aromatic rings. The molecule has 5 nitrogen and oxygen atoms in total. The van der Waals surface area contributed by atoms with Gasteiger partial charge in [-0.2, -0.15) is 0 Å². The molecule has 2 N–H and O–H groups in total. The van der Waals surface area contributed by atoms with Gasteiger partial charge in [-0.3, -0.25) is 9.59 Å². The number of aromatic nitrogens is 1. The summed E-state index contributed by atoms with van der Waals surface area (Å²) in [4.78, 5) is 27.8. The molecule has 0 unspecified atom stereocenters. The summed E-state index contributed by atoms with van der Waals surface area (Å²) < 4.78 is 0. The molecule has 0 spiro atoms. The number of carbonyl (C=O) groups excluding carboxylic acids is 2. The van der Waals surface area contributed by atoms with Crippen LogP contribution in [-0.2, 0) is 0 Å². The van der Waals surface area contributed by atoms with Gasteiger partial charge in [0, 0.05) is 18.0 Å². The molecule has 0 atom stereocenters. The van der Waals surface area contributed by atoms with E-state index in [1.807, 2.05) is 0 Å². The van der Waals surface area contributed by atoms with E-state index in [1.165, 1.54) is 17.8 Å². The molecule has 1 saturated carbocycles. The zero-order chi connectivity index (χ0) is 14.4. The molecule has 1 fully saturated rings. The number of nitrogens with zero attached hydrogens (tertiary/aromatic N) is 1. The summed E-state index contributed by atoms with van der Waals surface area (Å²) in [7, 11) is 0. The molecule has 0 saturated heterocycles. The van der Waals surface area contributed by atoms with Gasteiger partial charge in [-0.25, -0.2) is 4.98 Å². The van der Waals surface area contributed by atoms with Gasteiger partial charge in [0.05, 0.1) is 0 Å². The molecule has 0 aliphatic heterocycles. The van der Waals surface area contributed by atoms with Gasteiger partial charge in [0.2, 0.25) is 0 Å². The maximum Gasteiger partial charge on any atom is 0.280 e. The van der Waals surface area contributed by atoms with Gasteiger partial charge in [0.25, 0.3) is 11.8 Å². The number of hydrogen-bond acceptors (Lipinski definition) is 4. The Bertz CT molecular complexity index is 492. The minimum atomic E-state index is -0.272. The zero-order valence-corrected chi connectivity index (χ0v) is 12.2. The monoisotopic (exact) mass is 293 g/mol. The highest BCUT2D eigenvalue weighted by atomic mass is 32.1. The highest BCUT2D eigenvalue weighted by Gasteiger charge is 2.19. The van der Waals surface area contributed by atoms with Gasteiger partial charge in [-0.05, 0) is 12.8 Å². The summed E-state index contributed by atoms with van der Waals surface area (Å²) in [5.41, 5.74) is 0.323. The lowest BCUT2D eigenvalue weighted by Crippen LogP contribution is -2.36. The van der Waals surface area contributed by atoms with Crippen LogP contribution in [-0.4, -0.2) is 29.4 Å². The van der Waals surface area contributed by atoms with Crippen molar-refractivity contribution in [1.29, 1.82) is 0 Å². The first-order valence-electron chi connectivity index (χ1n) is 6.86. The summed E-state index contributed by atoms with van der Waals surface area (Å²) in [6.07, 6.45) is 7.23. The number of carbonyl (C=O) groups is 2. The summed E-state index contributed by atoms with van der Waals surface area (Å²) in [6, 6.07) is 0.246. The van der Waals surface area contributed by atoms with Crippen LogP contribution in [0, 0.1) is 0 Å². The van der Waals surface area contributed by atoms with Crippen molar-refractivity contribution in [2.75, 3.05) is 6.54 Å². The molecule has 108 valence electrons. The normalized spacial score (nSPS) is 15.6. The standard InChI is InChI=1S/C14H19N3O2S/c1-2-8-15-13(19)14-17-11(9-20-14)12(18)16-10-6-4-3-5-7-10/h2,9-10H,1,3-8H2,(H,15,19)(H,16,18). The van der Waals surface area contributed by atoms with Crippen molar-refractivity contribution in [3.8, 4) is 0 Å². The minimum Gasteiger partial charge on any atom is -0.348 e. The average molecular weight is 293 g/mol. The third-order valence-electron chi connectivity index (χ3n) is 3.28. The van der Waals surface area contributed by atoms with E-state index in [4.69, 9.17) is 0 Å². The van der Waals surface area contributed by atoms with Gasteiger partial charge in [0.1, 0.15) is 5.69 Å². The Kier molecular flexibility index (Phi) is 5.29. The molecule has 0 aromatic carbocycles. The van der Waals surface area contributed by atoms with Crippen LogP contribution in [0.4, 0.5) is 0 Å². The van der Waals surface area contributed by atoms with Crippen molar-refractivity contribution in [2.45, 2.75) is 38.1 Å². The minimum absolute atomic E-state index is 0.184. The Morgan fingerprint density at radius 3 is 2.80 bits per heavy atom. The maximum atomic E-state index is 12.0. The smallest absolute Gasteiger partial charge is 0.280 e. The number of rotatable bonds is 5. The summed E-state index contributed by atoms with van der Waals surface area (Å²) in [5.74, 6) is -0.456. The van der Waals surface area contributed by atoms with E-state index in [0.717, 1.165) is 25.7 Å². The average Bonchev–Trinajstić information content (AvgIpc) is 2.96. The SMILES string of the molecule is C=CCNC(=O)c1nc(C(=O)NC2CCCCC2)cs1. The maximum absolute atomic E-state index is 12.0. The first kappa shape index (κ1) is 14.7. The summed E-state index contributed by atoms with van der Waals surface area (Å²) >= 11 is 1.18. The fourth-order valence-corrected chi connectivity index (χ4v) is 2.94. The predicted molar refractivity (Wildman–Crippen MR) is 79.0 cm³/mol. The van der Waals surface area contributed by atoms with E-state index in [2.05, 4.69) is 22.2 Å². The van der Waals surface area contributed by atoms with E-state index in [0.29, 0.717) is 17.2 Å². The van der Waals surface area contributed by atoms with Crippen LogP contribution < -0.4 is 10.6 Å². The topological polar surface area (TPSA) is 71.1 Å². The Hall–Kier alpha value is -1.69. The third kappa shape index (κ3) is 3.90. The molecule has 6 heteroatoms. The molecule has 20 heavy (non-hydrogen) atoms. The van der Waals surface area contributed by atoms with Crippen LogP contribution in [0.25, 0.3) is 0 Å². The molecule has 0 bridgehead atoms. The van der Waals surface area contributed by atoms with Gasteiger partial charge < -0.3 is 10.6 Å². The lowest BCUT2D eigenvalue weighted by Gasteiger charge is -2.22. The fraction of sp³-hybridized carbons (Fsp3) is 0.500. The van der Waals surface area contributed by atoms with Crippen LogP contribution in [0.3, 0.4) is 0 Å². The highest BCUT2D eigenvalue weighted by molar-refractivity contribution is 7.11. The molecule has 1 aliphatic carbocycles. The number of amides is 2. The van der Waals surface area contributed by atoms with Crippen molar-refractivity contribution < 1.29 is 9.59 Å².